The van der Waals surface area contributed by atoms with Gasteiger partial charge >= 0.3 is 12.3 Å². The van der Waals surface area contributed by atoms with E-state index < -0.39 is 47.3 Å². The first kappa shape index (κ1) is 39.8. The maximum atomic E-state index is 14.5. The van der Waals surface area contributed by atoms with Gasteiger partial charge in [0.2, 0.25) is 11.8 Å². The molecule has 0 radical (unpaired) electrons. The zero-order valence-corrected chi connectivity index (χ0v) is 31.4. The van der Waals surface area contributed by atoms with Gasteiger partial charge < -0.3 is 20.2 Å². The average molecular weight is 773 g/mol. The first-order valence-corrected chi connectivity index (χ1v) is 18.3. The number of ketones is 1. The summed E-state index contributed by atoms with van der Waals surface area (Å²) in [6.45, 7) is 12.2. The third kappa shape index (κ3) is 8.04. The van der Waals surface area contributed by atoms with Gasteiger partial charge in [-0.1, -0.05) is 18.2 Å². The molecule has 6 rings (SSSR count). The molecule has 0 bridgehead atoms. The zero-order valence-electron chi connectivity index (χ0n) is 31.4. The highest BCUT2D eigenvalue weighted by molar-refractivity contribution is 6.07. The van der Waals surface area contributed by atoms with Gasteiger partial charge in [-0.3, -0.25) is 19.1 Å². The summed E-state index contributed by atoms with van der Waals surface area (Å²) in [5.74, 6) is -1.33. The molecular weight excluding hydrogens is 729 g/mol. The van der Waals surface area contributed by atoms with Crippen LogP contribution in [0.4, 0.5) is 23.8 Å². The van der Waals surface area contributed by atoms with Gasteiger partial charge in [-0.25, -0.2) is 19.7 Å². The molecule has 13 nitrogen and oxygen atoms in total. The third-order valence-corrected chi connectivity index (χ3v) is 10.5. The minimum atomic E-state index is -4.76. The van der Waals surface area contributed by atoms with E-state index >= 15 is 0 Å². The molecule has 1 aliphatic carbocycles. The Bertz CT molecular complexity index is 2220. The van der Waals surface area contributed by atoms with E-state index in [1.54, 1.807) is 37.5 Å². The lowest BCUT2D eigenvalue weighted by molar-refractivity contribution is -0.141. The molecule has 16 heteroatoms. The second-order valence-electron chi connectivity index (χ2n) is 14.5. The van der Waals surface area contributed by atoms with E-state index in [1.807, 2.05) is 6.07 Å². The van der Waals surface area contributed by atoms with Crippen molar-refractivity contribution in [2.75, 3.05) is 18.4 Å². The van der Waals surface area contributed by atoms with Crippen LogP contribution in [0.15, 0.2) is 62.0 Å². The second-order valence-corrected chi connectivity index (χ2v) is 14.5. The van der Waals surface area contributed by atoms with Crippen LogP contribution in [0.5, 0.6) is 0 Å². The number of pyridine rings is 1. The number of halogens is 3. The van der Waals surface area contributed by atoms with E-state index in [9.17, 15) is 37.5 Å². The number of piperidine rings is 1. The molecule has 0 spiro atoms. The molecule has 2 fully saturated rings. The average Bonchev–Trinajstić information content (AvgIpc) is 3.54. The molecule has 0 unspecified atom stereocenters. The second kappa shape index (κ2) is 15.7. The van der Waals surface area contributed by atoms with Crippen LogP contribution >= 0.6 is 0 Å². The summed E-state index contributed by atoms with van der Waals surface area (Å²) in [5.41, 5.74) is 1.13. The summed E-state index contributed by atoms with van der Waals surface area (Å²) in [6.07, 6.45) is 3.78. The number of hydrogen-bond acceptors (Lipinski definition) is 8. The summed E-state index contributed by atoms with van der Waals surface area (Å²) < 4.78 is 42.2. The lowest BCUT2D eigenvalue weighted by Crippen LogP contribution is -2.47. The molecule has 1 saturated heterocycles. The van der Waals surface area contributed by atoms with Crippen molar-refractivity contribution in [1.82, 2.24) is 34.5 Å². The lowest BCUT2D eigenvalue weighted by atomic mass is 9.98. The maximum Gasteiger partial charge on any atom is 0.433 e. The van der Waals surface area contributed by atoms with Crippen LogP contribution in [0.3, 0.4) is 0 Å². The molecule has 2 aliphatic rings. The molecule has 4 heterocycles. The van der Waals surface area contributed by atoms with Crippen molar-refractivity contribution in [2.45, 2.75) is 84.1 Å². The molecule has 1 aliphatic heterocycles. The number of nitrogens with one attached hydrogen (secondary N) is 1. The van der Waals surface area contributed by atoms with Crippen LogP contribution < -0.4 is 5.32 Å². The van der Waals surface area contributed by atoms with Crippen LogP contribution in [-0.2, 0) is 28.7 Å². The van der Waals surface area contributed by atoms with Crippen molar-refractivity contribution in [3.63, 3.8) is 0 Å². The Morgan fingerprint density at radius 3 is 2.43 bits per heavy atom. The number of nitrogens with zero attached hydrogens (tertiary/aromatic N) is 7. The molecular formula is C40H43F3N8O5. The van der Waals surface area contributed by atoms with Gasteiger partial charge in [0.15, 0.2) is 5.78 Å². The lowest BCUT2D eigenvalue weighted by Gasteiger charge is -2.27. The number of carboxylic acid groups (broad SMARTS) is 1. The number of carbonyl (C=O) groups is 4. The number of allylic oxidation sites excluding steroid dienone is 2. The molecule has 1 saturated carbocycles. The topological polar surface area (TPSA) is 164 Å². The Hall–Kier alpha value is -5.93. The summed E-state index contributed by atoms with van der Waals surface area (Å²) >= 11 is 0. The zero-order chi connectivity index (χ0) is 40.5. The smallest absolute Gasteiger partial charge is 0.433 e. The number of carbonyl (C=O) groups excluding carboxylic acids is 3. The Balaban J connectivity index is 1.36. The first-order valence-electron chi connectivity index (χ1n) is 18.3. The highest BCUT2D eigenvalue weighted by atomic mass is 19.4. The minimum absolute atomic E-state index is 0.0592. The Kier molecular flexibility index (Phi) is 11.1. The fourth-order valence-electron chi connectivity index (χ4n) is 7.68. The van der Waals surface area contributed by atoms with E-state index in [1.165, 1.54) is 34.4 Å². The summed E-state index contributed by atoms with van der Waals surface area (Å²) in [7, 11) is 0. The predicted molar refractivity (Wildman–Crippen MR) is 202 cm³/mol. The number of alkyl halides is 3. The van der Waals surface area contributed by atoms with Crippen molar-refractivity contribution in [3.05, 3.63) is 90.3 Å². The normalized spacial score (nSPS) is 18.7. The Morgan fingerprint density at radius 1 is 1.05 bits per heavy atom. The Labute approximate surface area is 321 Å². The monoisotopic (exact) mass is 772 g/mol. The van der Waals surface area contributed by atoms with Gasteiger partial charge in [0.1, 0.15) is 35.6 Å². The van der Waals surface area contributed by atoms with Crippen molar-refractivity contribution < 1.29 is 37.5 Å². The number of fused-ring (bicyclic) bond motifs is 2. The van der Waals surface area contributed by atoms with Gasteiger partial charge in [-0.05, 0) is 87.3 Å². The number of aryl methyl sites for hydroxylation is 2. The van der Waals surface area contributed by atoms with Crippen LogP contribution in [0, 0.1) is 19.3 Å². The highest BCUT2D eigenvalue weighted by Crippen LogP contribution is 2.60. The fourth-order valence-corrected chi connectivity index (χ4v) is 7.68. The number of anilines is 1. The fraction of sp³-hybridized carbons (Fsp3) is 0.400. The minimum Gasteiger partial charge on any atom is -0.465 e. The van der Waals surface area contributed by atoms with Gasteiger partial charge in [-0.15, -0.1) is 13.2 Å². The van der Waals surface area contributed by atoms with Gasteiger partial charge in [0.05, 0.1) is 5.52 Å². The van der Waals surface area contributed by atoms with Crippen LogP contribution in [0.25, 0.3) is 22.0 Å². The quantitative estimate of drug-likeness (QED) is 0.0753. The van der Waals surface area contributed by atoms with E-state index in [4.69, 9.17) is 0 Å². The standard InChI is InChI=1S/C40H43F3N8O5/c1-6-8-9-10-14-49(38(55)56)22-39-17-30(37(54)47-36-23(3)12-13-31(46-36)40(41,42)43)51(32(39)18-39)33(53)21-50-35-26(11-7-2)15-27(28-19-44-25(5)45-20-28)16-29(35)34(48-50)24(4)52/h6-7,12-13,15-16,19-20,30,32H,1-2,8-11,14,17-18,21-22H2,3-5H3,(H,55,56)(H,46,47,54)/t30-,32+,39-/m0/s1. The van der Waals surface area contributed by atoms with Gasteiger partial charge in [-0.2, -0.15) is 18.3 Å². The number of Topliss-reactive ketones (excluding diaryl/α,β-unsaturated/α-hetero) is 1. The summed E-state index contributed by atoms with van der Waals surface area (Å²) in [4.78, 5) is 68.9. The Morgan fingerprint density at radius 2 is 1.79 bits per heavy atom. The van der Waals surface area contributed by atoms with Crippen LogP contribution in [0.2, 0.25) is 0 Å². The number of hydrogen-bond donors (Lipinski definition) is 2. The largest absolute Gasteiger partial charge is 0.465 e. The van der Waals surface area contributed by atoms with Crippen LogP contribution in [-0.4, -0.2) is 88.5 Å². The van der Waals surface area contributed by atoms with Crippen molar-refractivity contribution in [2.24, 2.45) is 5.41 Å². The molecule has 2 N–H and O–H groups in total. The SMILES string of the molecule is C=CCCCCN(C[C@@]12C[C@@H](C(=O)Nc3nc(C(F)(F)F)ccc3C)N(C(=O)Cn3nc(C(C)=O)c4cc(-c5cnc(C)nc5)cc(CC=C)c43)[C@@H]1C2)C(=O)O. The number of unbranched alkanes of at least 4 members (excludes halogenated alkanes) is 2. The van der Waals surface area contributed by atoms with Gasteiger partial charge in [0, 0.05) is 54.8 Å². The molecule has 1 aromatic carbocycles. The van der Waals surface area contributed by atoms with Crippen LogP contribution in [0.1, 0.15) is 72.2 Å². The van der Waals surface area contributed by atoms with Gasteiger partial charge in [0.25, 0.3) is 0 Å². The molecule has 56 heavy (non-hydrogen) atoms. The third-order valence-electron chi connectivity index (χ3n) is 10.5. The molecule has 3 atom stereocenters. The van der Waals surface area contributed by atoms with Crippen molar-refractivity contribution in [3.8, 4) is 11.1 Å². The molecule has 3 amide bonds. The number of likely N-dealkylation sites (tertiary alicyclic amines) is 1. The number of aromatic nitrogens is 5. The summed E-state index contributed by atoms with van der Waals surface area (Å²) in [6, 6.07) is 4.00. The van der Waals surface area contributed by atoms with Crippen molar-refractivity contribution in [1.29, 1.82) is 0 Å². The first-order chi connectivity index (χ1) is 26.6. The number of rotatable bonds is 15. The molecule has 4 aromatic rings. The predicted octanol–water partition coefficient (Wildman–Crippen LogP) is 6.79. The highest BCUT2D eigenvalue weighted by Gasteiger charge is 2.67. The van der Waals surface area contributed by atoms with E-state index in [2.05, 4.69) is 38.5 Å². The van der Waals surface area contributed by atoms with E-state index in [-0.39, 0.29) is 48.9 Å². The molecule has 3 aromatic heterocycles. The number of amides is 3. The summed E-state index contributed by atoms with van der Waals surface area (Å²) in [5, 5.41) is 17.7. The number of benzene rings is 1. The van der Waals surface area contributed by atoms with E-state index in [0.29, 0.717) is 41.6 Å². The van der Waals surface area contributed by atoms with E-state index in [0.717, 1.165) is 30.0 Å². The molecule has 294 valence electrons. The maximum absolute atomic E-state index is 14.5. The van der Waals surface area contributed by atoms with Crippen molar-refractivity contribution >= 4 is 40.4 Å².